The Labute approximate surface area is 173 Å². The maximum atomic E-state index is 12.8. The molecule has 1 aromatic heterocycles. The van der Waals surface area contributed by atoms with E-state index in [1.807, 2.05) is 39.6 Å². The first-order valence-electron chi connectivity index (χ1n) is 9.67. The summed E-state index contributed by atoms with van der Waals surface area (Å²) in [5.74, 6) is 1.02. The highest BCUT2D eigenvalue weighted by Crippen LogP contribution is 2.34. The number of benzene rings is 1. The van der Waals surface area contributed by atoms with Gasteiger partial charge in [-0.25, -0.2) is 4.98 Å². The van der Waals surface area contributed by atoms with Crippen molar-refractivity contribution >= 4 is 45.7 Å². The maximum Gasteiger partial charge on any atom is 0.227 e. The zero-order valence-electron chi connectivity index (χ0n) is 15.7. The van der Waals surface area contributed by atoms with Gasteiger partial charge in [-0.1, -0.05) is 12.1 Å². The van der Waals surface area contributed by atoms with Gasteiger partial charge in [0.2, 0.25) is 11.8 Å². The normalized spacial score (nSPS) is 17.2. The van der Waals surface area contributed by atoms with Crippen LogP contribution in [0.5, 0.6) is 0 Å². The minimum Gasteiger partial charge on any atom is -0.346 e. The number of nitrogens with zero attached hydrogens (tertiary/aromatic N) is 4. The Bertz CT molecular complexity index is 827. The van der Waals surface area contributed by atoms with Crippen molar-refractivity contribution in [3.63, 3.8) is 0 Å². The third-order valence-corrected chi connectivity index (χ3v) is 7.00. The fraction of sp³-hybridized carbons (Fsp3) is 0.450. The summed E-state index contributed by atoms with van der Waals surface area (Å²) in [5.41, 5.74) is 0.977. The van der Waals surface area contributed by atoms with Crippen molar-refractivity contribution in [2.75, 3.05) is 48.3 Å². The number of thiazole rings is 1. The van der Waals surface area contributed by atoms with E-state index in [1.54, 1.807) is 23.1 Å². The molecule has 0 spiro atoms. The lowest BCUT2D eigenvalue weighted by Gasteiger charge is -2.29. The molecule has 1 fully saturated rings. The third kappa shape index (κ3) is 4.33. The zero-order chi connectivity index (χ0) is 19.3. The first-order valence-corrected chi connectivity index (χ1v) is 11.5. The minimum absolute atomic E-state index is 0.0420. The van der Waals surface area contributed by atoms with Gasteiger partial charge in [-0.05, 0) is 18.6 Å². The van der Waals surface area contributed by atoms with E-state index in [0.29, 0.717) is 13.1 Å². The van der Waals surface area contributed by atoms with Gasteiger partial charge in [0.05, 0.1) is 5.69 Å². The summed E-state index contributed by atoms with van der Waals surface area (Å²) in [4.78, 5) is 36.9. The second kappa shape index (κ2) is 8.96. The fourth-order valence-electron chi connectivity index (χ4n) is 3.67. The summed E-state index contributed by atoms with van der Waals surface area (Å²) in [6, 6.07) is 8.00. The summed E-state index contributed by atoms with van der Waals surface area (Å²) in [6.07, 6.45) is 3.29. The van der Waals surface area contributed by atoms with Crippen LogP contribution in [0.3, 0.4) is 0 Å². The monoisotopic (exact) mass is 416 g/mol. The molecule has 0 atom stereocenters. The lowest BCUT2D eigenvalue weighted by atomic mass is 10.2. The molecule has 0 N–H and O–H groups in total. The van der Waals surface area contributed by atoms with E-state index in [1.165, 1.54) is 0 Å². The number of thioether (sulfide) groups is 1. The molecule has 4 rings (SSSR count). The van der Waals surface area contributed by atoms with Crippen molar-refractivity contribution in [1.82, 2.24) is 9.88 Å². The molecule has 1 saturated heterocycles. The van der Waals surface area contributed by atoms with Crippen LogP contribution in [0, 0.1) is 0 Å². The number of amides is 2. The number of hydrogen-bond donors (Lipinski definition) is 0. The van der Waals surface area contributed by atoms with Gasteiger partial charge in [-0.3, -0.25) is 9.59 Å². The maximum absolute atomic E-state index is 12.8. The molecule has 148 valence electrons. The number of carbonyl (C=O) groups excluding carboxylic acids is 2. The average molecular weight is 417 g/mol. The van der Waals surface area contributed by atoms with Crippen LogP contribution in [0.1, 0.15) is 19.3 Å². The van der Waals surface area contributed by atoms with E-state index in [0.717, 1.165) is 47.5 Å². The Balaban J connectivity index is 1.30. The topological polar surface area (TPSA) is 56.8 Å². The minimum atomic E-state index is 0.0420. The molecule has 1 aromatic carbocycles. The third-order valence-electron chi connectivity index (χ3n) is 5.12. The van der Waals surface area contributed by atoms with Crippen molar-refractivity contribution in [2.24, 2.45) is 0 Å². The first-order chi connectivity index (χ1) is 13.7. The largest absolute Gasteiger partial charge is 0.346 e. The molecule has 2 aromatic rings. The standard InChI is InChI=1S/C20H24N4O2S2/c25-18(22-9-3-10-23(12-11-22)20-21-8-14-28-20)6-7-19(26)24-13-15-27-17-5-2-1-4-16(17)24/h1-2,4-5,8,14H,3,6-7,9-13,15H2. The molecule has 2 amide bonds. The van der Waals surface area contributed by atoms with Crippen LogP contribution >= 0.6 is 23.1 Å². The van der Waals surface area contributed by atoms with Gasteiger partial charge in [-0.15, -0.1) is 23.1 Å². The van der Waals surface area contributed by atoms with E-state index < -0.39 is 0 Å². The van der Waals surface area contributed by atoms with Crippen LogP contribution in [0.4, 0.5) is 10.8 Å². The molecular formula is C20H24N4O2S2. The predicted molar refractivity (Wildman–Crippen MR) is 114 cm³/mol. The van der Waals surface area contributed by atoms with Gasteiger partial charge in [0.25, 0.3) is 0 Å². The van der Waals surface area contributed by atoms with Crippen LogP contribution in [0.2, 0.25) is 0 Å². The quantitative estimate of drug-likeness (QED) is 0.767. The molecular weight excluding hydrogens is 392 g/mol. The Hall–Kier alpha value is -2.06. The molecule has 0 radical (unpaired) electrons. The molecule has 6 nitrogen and oxygen atoms in total. The highest BCUT2D eigenvalue weighted by molar-refractivity contribution is 7.99. The van der Waals surface area contributed by atoms with Crippen LogP contribution in [-0.2, 0) is 9.59 Å². The Morgan fingerprint density at radius 2 is 1.86 bits per heavy atom. The second-order valence-electron chi connectivity index (χ2n) is 6.90. The van der Waals surface area contributed by atoms with Crippen LogP contribution in [0.15, 0.2) is 40.7 Å². The van der Waals surface area contributed by atoms with E-state index in [-0.39, 0.29) is 24.7 Å². The van der Waals surface area contributed by atoms with E-state index in [2.05, 4.69) is 16.0 Å². The smallest absolute Gasteiger partial charge is 0.227 e. The molecule has 0 unspecified atom stereocenters. The number of aromatic nitrogens is 1. The van der Waals surface area contributed by atoms with Crippen molar-refractivity contribution in [3.05, 3.63) is 35.8 Å². The van der Waals surface area contributed by atoms with Crippen molar-refractivity contribution in [1.29, 1.82) is 0 Å². The van der Waals surface area contributed by atoms with Crippen molar-refractivity contribution in [3.8, 4) is 0 Å². The van der Waals surface area contributed by atoms with Crippen LogP contribution < -0.4 is 9.80 Å². The van der Waals surface area contributed by atoms with Gasteiger partial charge in [-0.2, -0.15) is 0 Å². The SMILES string of the molecule is O=C(CCC(=O)N1CCSc2ccccc21)N1CCCN(c2nccs2)CC1. The Morgan fingerprint density at radius 3 is 2.71 bits per heavy atom. The molecule has 0 saturated carbocycles. The summed E-state index contributed by atoms with van der Waals surface area (Å²) in [7, 11) is 0. The molecule has 2 aliphatic heterocycles. The lowest BCUT2D eigenvalue weighted by molar-refractivity contribution is -0.133. The molecule has 3 heterocycles. The highest BCUT2D eigenvalue weighted by atomic mass is 32.2. The summed E-state index contributed by atoms with van der Waals surface area (Å²) in [6.45, 7) is 3.86. The fourth-order valence-corrected chi connectivity index (χ4v) is 5.36. The van der Waals surface area contributed by atoms with Gasteiger partial charge in [0, 0.05) is 67.8 Å². The number of fused-ring (bicyclic) bond motifs is 1. The number of rotatable bonds is 4. The van der Waals surface area contributed by atoms with Crippen molar-refractivity contribution < 1.29 is 9.59 Å². The van der Waals surface area contributed by atoms with Gasteiger partial charge >= 0.3 is 0 Å². The average Bonchev–Trinajstić information content (AvgIpc) is 3.16. The van der Waals surface area contributed by atoms with Gasteiger partial charge in [0.15, 0.2) is 5.13 Å². The van der Waals surface area contributed by atoms with E-state index >= 15 is 0 Å². The Morgan fingerprint density at radius 1 is 1.00 bits per heavy atom. The zero-order valence-corrected chi connectivity index (χ0v) is 17.4. The molecule has 0 aliphatic carbocycles. The second-order valence-corrected chi connectivity index (χ2v) is 8.91. The van der Waals surface area contributed by atoms with Crippen LogP contribution in [0.25, 0.3) is 0 Å². The highest BCUT2D eigenvalue weighted by Gasteiger charge is 2.25. The van der Waals surface area contributed by atoms with E-state index in [9.17, 15) is 9.59 Å². The number of hydrogen-bond acceptors (Lipinski definition) is 6. The summed E-state index contributed by atoms with van der Waals surface area (Å²) < 4.78 is 0. The molecule has 2 aliphatic rings. The first kappa shape index (κ1) is 19.3. The molecule has 0 bridgehead atoms. The molecule has 8 heteroatoms. The van der Waals surface area contributed by atoms with Gasteiger partial charge in [0.1, 0.15) is 0 Å². The van der Waals surface area contributed by atoms with Gasteiger partial charge < -0.3 is 14.7 Å². The summed E-state index contributed by atoms with van der Waals surface area (Å²) >= 11 is 3.41. The lowest BCUT2D eigenvalue weighted by Crippen LogP contribution is -2.38. The number of para-hydroxylation sites is 1. The predicted octanol–water partition coefficient (Wildman–Crippen LogP) is 3.10. The molecule has 28 heavy (non-hydrogen) atoms. The summed E-state index contributed by atoms with van der Waals surface area (Å²) in [5, 5.41) is 3.00. The van der Waals surface area contributed by atoms with E-state index in [4.69, 9.17) is 0 Å². The van der Waals surface area contributed by atoms with Crippen molar-refractivity contribution in [2.45, 2.75) is 24.2 Å². The Kier molecular flexibility index (Phi) is 6.17. The number of carbonyl (C=O) groups is 2. The van der Waals surface area contributed by atoms with Crippen LogP contribution in [-0.4, -0.2) is 60.2 Å². The number of anilines is 2.